The first-order chi connectivity index (χ1) is 7.34. The molecule has 2 fully saturated rings. The molecule has 1 saturated heterocycles. The van der Waals surface area contributed by atoms with E-state index in [9.17, 15) is 0 Å². The molecule has 2 aliphatic rings. The summed E-state index contributed by atoms with van der Waals surface area (Å²) >= 11 is 0. The highest BCUT2D eigenvalue weighted by atomic mass is 16.6. The minimum absolute atomic E-state index is 0.238. The van der Waals surface area contributed by atoms with Gasteiger partial charge in [0.1, 0.15) is 0 Å². The zero-order chi connectivity index (χ0) is 10.5. The Labute approximate surface area is 91.7 Å². The van der Waals surface area contributed by atoms with Crippen molar-refractivity contribution in [1.29, 1.82) is 0 Å². The molecule has 4 heteroatoms. The van der Waals surface area contributed by atoms with Crippen molar-refractivity contribution in [3.05, 3.63) is 0 Å². The van der Waals surface area contributed by atoms with E-state index in [4.69, 9.17) is 9.47 Å². The van der Waals surface area contributed by atoms with Gasteiger partial charge in [-0.25, -0.2) is 0 Å². The highest BCUT2D eigenvalue weighted by Crippen LogP contribution is 2.18. The Morgan fingerprint density at radius 2 is 2.20 bits per heavy atom. The molecule has 0 spiro atoms. The topological polar surface area (TPSA) is 42.5 Å². The summed E-state index contributed by atoms with van der Waals surface area (Å²) in [6, 6.07) is 1.31. The Hall–Kier alpha value is -0.160. The van der Waals surface area contributed by atoms with Crippen LogP contribution in [0.3, 0.4) is 0 Å². The SMILES string of the molecule is CC(CNC1CC1)NCC1COCCO1. The summed E-state index contributed by atoms with van der Waals surface area (Å²) < 4.78 is 10.9. The lowest BCUT2D eigenvalue weighted by molar-refractivity contribution is -0.0869. The van der Waals surface area contributed by atoms with Crippen molar-refractivity contribution in [2.45, 2.75) is 38.0 Å². The third kappa shape index (κ3) is 4.47. The summed E-state index contributed by atoms with van der Waals surface area (Å²) in [5, 5.41) is 6.98. The molecular weight excluding hydrogens is 192 g/mol. The highest BCUT2D eigenvalue weighted by Gasteiger charge is 2.21. The van der Waals surface area contributed by atoms with Crippen LogP contribution >= 0.6 is 0 Å². The van der Waals surface area contributed by atoms with Gasteiger partial charge in [0.15, 0.2) is 0 Å². The van der Waals surface area contributed by atoms with Gasteiger partial charge in [-0.05, 0) is 19.8 Å². The van der Waals surface area contributed by atoms with Crippen molar-refractivity contribution in [2.24, 2.45) is 0 Å². The fraction of sp³-hybridized carbons (Fsp3) is 1.00. The van der Waals surface area contributed by atoms with E-state index in [-0.39, 0.29) is 6.10 Å². The molecule has 2 atom stereocenters. The van der Waals surface area contributed by atoms with Crippen molar-refractivity contribution in [1.82, 2.24) is 10.6 Å². The molecular formula is C11H22N2O2. The van der Waals surface area contributed by atoms with E-state index in [0.29, 0.717) is 6.04 Å². The molecule has 0 radical (unpaired) electrons. The van der Waals surface area contributed by atoms with E-state index >= 15 is 0 Å². The second kappa shape index (κ2) is 5.80. The monoisotopic (exact) mass is 214 g/mol. The molecule has 2 unspecified atom stereocenters. The maximum atomic E-state index is 5.56. The van der Waals surface area contributed by atoms with Crippen molar-refractivity contribution in [2.75, 3.05) is 32.9 Å². The minimum atomic E-state index is 0.238. The fourth-order valence-electron chi connectivity index (χ4n) is 1.69. The Morgan fingerprint density at radius 1 is 1.33 bits per heavy atom. The minimum Gasteiger partial charge on any atom is -0.376 e. The first-order valence-corrected chi connectivity index (χ1v) is 6.00. The van der Waals surface area contributed by atoms with Crippen molar-refractivity contribution < 1.29 is 9.47 Å². The van der Waals surface area contributed by atoms with E-state index < -0.39 is 0 Å². The van der Waals surface area contributed by atoms with Crippen LogP contribution in [0, 0.1) is 0 Å². The summed E-state index contributed by atoms with van der Waals surface area (Å²) in [6.45, 7) is 6.37. The van der Waals surface area contributed by atoms with E-state index in [1.807, 2.05) is 0 Å². The van der Waals surface area contributed by atoms with Crippen LogP contribution in [0.5, 0.6) is 0 Å². The van der Waals surface area contributed by atoms with E-state index in [0.717, 1.165) is 39.0 Å². The lowest BCUT2D eigenvalue weighted by Gasteiger charge is -2.25. The van der Waals surface area contributed by atoms with Gasteiger partial charge in [0.25, 0.3) is 0 Å². The van der Waals surface area contributed by atoms with Gasteiger partial charge >= 0.3 is 0 Å². The molecule has 0 aromatic heterocycles. The Morgan fingerprint density at radius 3 is 2.87 bits per heavy atom. The lowest BCUT2D eigenvalue weighted by Crippen LogP contribution is -2.44. The van der Waals surface area contributed by atoms with Crippen LogP contribution < -0.4 is 10.6 Å². The predicted molar refractivity (Wildman–Crippen MR) is 59.0 cm³/mol. The van der Waals surface area contributed by atoms with Gasteiger partial charge in [0.05, 0.1) is 25.9 Å². The van der Waals surface area contributed by atoms with Gasteiger partial charge in [-0.2, -0.15) is 0 Å². The summed E-state index contributed by atoms with van der Waals surface area (Å²) in [7, 11) is 0. The molecule has 88 valence electrons. The molecule has 0 aromatic carbocycles. The standard InChI is InChI=1S/C11H22N2O2/c1-9(6-13-10-2-3-10)12-7-11-8-14-4-5-15-11/h9-13H,2-8H2,1H3. The van der Waals surface area contributed by atoms with Gasteiger partial charge in [-0.15, -0.1) is 0 Å². The van der Waals surface area contributed by atoms with Gasteiger partial charge < -0.3 is 20.1 Å². The summed E-state index contributed by atoms with van der Waals surface area (Å²) in [4.78, 5) is 0. The Kier molecular flexibility index (Phi) is 4.38. The summed E-state index contributed by atoms with van der Waals surface area (Å²) in [6.07, 6.45) is 2.95. The Balaban J connectivity index is 1.50. The predicted octanol–water partition coefficient (Wildman–Crippen LogP) is 0.132. The average molecular weight is 214 g/mol. The van der Waals surface area contributed by atoms with Gasteiger partial charge in [0, 0.05) is 25.2 Å². The van der Waals surface area contributed by atoms with Crippen LogP contribution in [-0.4, -0.2) is 51.1 Å². The van der Waals surface area contributed by atoms with Crippen molar-refractivity contribution >= 4 is 0 Å². The van der Waals surface area contributed by atoms with Crippen molar-refractivity contribution in [3.8, 4) is 0 Å². The summed E-state index contributed by atoms with van der Waals surface area (Å²) in [5.41, 5.74) is 0. The van der Waals surface area contributed by atoms with Crippen LogP contribution in [0.25, 0.3) is 0 Å². The van der Waals surface area contributed by atoms with Gasteiger partial charge in [0.2, 0.25) is 0 Å². The maximum absolute atomic E-state index is 5.56. The van der Waals surface area contributed by atoms with E-state index in [1.165, 1.54) is 12.8 Å². The molecule has 0 bridgehead atoms. The number of hydrogen-bond acceptors (Lipinski definition) is 4. The average Bonchev–Trinajstić information content (AvgIpc) is 3.09. The van der Waals surface area contributed by atoms with Crippen LogP contribution in [0.2, 0.25) is 0 Å². The molecule has 0 amide bonds. The van der Waals surface area contributed by atoms with Crippen LogP contribution in [0.4, 0.5) is 0 Å². The molecule has 2 N–H and O–H groups in total. The van der Waals surface area contributed by atoms with Crippen LogP contribution in [-0.2, 0) is 9.47 Å². The van der Waals surface area contributed by atoms with Gasteiger partial charge in [-0.3, -0.25) is 0 Å². The number of rotatable bonds is 6. The highest BCUT2D eigenvalue weighted by molar-refractivity contribution is 4.82. The maximum Gasteiger partial charge on any atom is 0.0933 e. The van der Waals surface area contributed by atoms with Gasteiger partial charge in [-0.1, -0.05) is 0 Å². The van der Waals surface area contributed by atoms with Crippen molar-refractivity contribution in [3.63, 3.8) is 0 Å². The first kappa shape index (κ1) is 11.3. The second-order valence-corrected chi connectivity index (χ2v) is 4.56. The van der Waals surface area contributed by atoms with Crippen LogP contribution in [0.15, 0.2) is 0 Å². The largest absolute Gasteiger partial charge is 0.376 e. The molecule has 1 heterocycles. The molecule has 0 aromatic rings. The molecule has 2 rings (SSSR count). The first-order valence-electron chi connectivity index (χ1n) is 6.00. The van der Waals surface area contributed by atoms with Crippen LogP contribution in [0.1, 0.15) is 19.8 Å². The smallest absolute Gasteiger partial charge is 0.0933 e. The molecule has 15 heavy (non-hydrogen) atoms. The molecule has 4 nitrogen and oxygen atoms in total. The third-order valence-corrected chi connectivity index (χ3v) is 2.87. The molecule has 1 saturated carbocycles. The zero-order valence-corrected chi connectivity index (χ0v) is 9.50. The second-order valence-electron chi connectivity index (χ2n) is 4.56. The third-order valence-electron chi connectivity index (χ3n) is 2.87. The quantitative estimate of drug-likeness (QED) is 0.659. The lowest BCUT2D eigenvalue weighted by atomic mass is 10.3. The normalized spacial score (nSPS) is 29.0. The number of nitrogens with one attached hydrogen (secondary N) is 2. The fourth-order valence-corrected chi connectivity index (χ4v) is 1.69. The molecule has 1 aliphatic carbocycles. The van der Waals surface area contributed by atoms with E-state index in [2.05, 4.69) is 17.6 Å². The number of hydrogen-bond donors (Lipinski definition) is 2. The van der Waals surface area contributed by atoms with E-state index in [1.54, 1.807) is 0 Å². The molecule has 1 aliphatic heterocycles. The summed E-state index contributed by atoms with van der Waals surface area (Å²) in [5.74, 6) is 0. The number of ether oxygens (including phenoxy) is 2. The zero-order valence-electron chi connectivity index (χ0n) is 9.50. The Bertz CT molecular complexity index is 179.